The first-order valence-electron chi connectivity index (χ1n) is 10.6. The van der Waals surface area contributed by atoms with Crippen LogP contribution in [-0.2, 0) is 10.0 Å². The second-order valence-electron chi connectivity index (χ2n) is 8.77. The van der Waals surface area contributed by atoms with E-state index in [4.69, 9.17) is 4.42 Å². The summed E-state index contributed by atoms with van der Waals surface area (Å²) in [5.74, 6) is 1.93. The average molecular weight is 518 g/mol. The number of nitrogens with one attached hydrogen (secondary N) is 2. The predicted octanol–water partition coefficient (Wildman–Crippen LogP) is 4.23. The predicted molar refractivity (Wildman–Crippen MR) is 131 cm³/mol. The lowest BCUT2D eigenvalue weighted by Gasteiger charge is -2.29. The molecule has 10 nitrogen and oxygen atoms in total. The molecule has 33 heavy (non-hydrogen) atoms. The number of hydrogen-bond donors (Lipinski definition) is 3. The molecule has 0 amide bonds. The molecule has 2 aromatic rings. The third-order valence-corrected chi connectivity index (χ3v) is 9.77. The van der Waals surface area contributed by atoms with Crippen molar-refractivity contribution >= 4 is 44.6 Å². The number of aliphatic hydroxyl groups is 1. The summed E-state index contributed by atoms with van der Waals surface area (Å²) in [5, 5.41) is 17.0. The molecule has 2 unspecified atom stereocenters. The van der Waals surface area contributed by atoms with Crippen molar-refractivity contribution in [1.82, 2.24) is 13.1 Å². The molecule has 0 spiro atoms. The van der Waals surface area contributed by atoms with Gasteiger partial charge in [-0.2, -0.15) is 4.31 Å². The molecular weight excluding hydrogens is 486 g/mol. The highest BCUT2D eigenvalue weighted by atomic mass is 32.3. The zero-order valence-electron chi connectivity index (χ0n) is 19.6. The maximum atomic E-state index is 12.9. The van der Waals surface area contributed by atoms with Gasteiger partial charge in [-0.15, -0.1) is 11.8 Å². The van der Waals surface area contributed by atoms with Crippen molar-refractivity contribution in [3.8, 4) is 0 Å². The van der Waals surface area contributed by atoms with Gasteiger partial charge in [-0.1, -0.05) is 34.6 Å². The van der Waals surface area contributed by atoms with E-state index in [0.717, 1.165) is 17.5 Å². The van der Waals surface area contributed by atoms with E-state index in [0.29, 0.717) is 18.8 Å². The van der Waals surface area contributed by atoms with Crippen molar-refractivity contribution in [3.05, 3.63) is 33.6 Å². The van der Waals surface area contributed by atoms with Crippen LogP contribution in [0.5, 0.6) is 0 Å². The molecule has 0 saturated heterocycles. The highest BCUT2D eigenvalue weighted by Crippen LogP contribution is 2.41. The minimum Gasteiger partial charge on any atom is -0.546 e. The number of sulfonamides is 1. The van der Waals surface area contributed by atoms with Gasteiger partial charge in [-0.05, 0) is 24.5 Å². The van der Waals surface area contributed by atoms with Crippen LogP contribution in [0.15, 0.2) is 26.5 Å². The van der Waals surface area contributed by atoms with Crippen LogP contribution in [0.1, 0.15) is 52.2 Å². The Kier molecular flexibility index (Phi) is 7.68. The standard InChI is InChI=1S/C20H31N5O5S3/c1-7-25(8-2)33(28,29)19-15(26)13(11-31-19)21-17-18(24-32(27)23-17)22-16(20(4,5)6)14-10-9-12(3)30-14/h9-10,13,16,26H,7-8,11H2,1-6H3,(H,21,23)(H,22,24)/t13?,16-,32?/m0/s1. The Morgan fingerprint density at radius 2 is 1.94 bits per heavy atom. The summed E-state index contributed by atoms with van der Waals surface area (Å²) in [5.41, 5.74) is -0.279. The van der Waals surface area contributed by atoms with Crippen LogP contribution in [0, 0.1) is 12.3 Å². The van der Waals surface area contributed by atoms with Crippen LogP contribution in [0.25, 0.3) is 0 Å². The first-order chi connectivity index (χ1) is 15.4. The van der Waals surface area contributed by atoms with Gasteiger partial charge in [-0.3, -0.25) is 0 Å². The Morgan fingerprint density at radius 1 is 1.30 bits per heavy atom. The number of nitrogens with zero attached hydrogens (tertiary/aromatic N) is 3. The topological polar surface area (TPSA) is 144 Å². The number of rotatable bonds is 9. The molecule has 0 aromatic carbocycles. The van der Waals surface area contributed by atoms with Gasteiger partial charge in [-0.25, -0.2) is 8.42 Å². The van der Waals surface area contributed by atoms with Crippen molar-refractivity contribution in [2.24, 2.45) is 5.41 Å². The molecule has 3 rings (SSSR count). The maximum Gasteiger partial charge on any atom is 0.252 e. The fraction of sp³-hybridized carbons (Fsp3) is 0.600. The molecule has 0 saturated carbocycles. The van der Waals surface area contributed by atoms with Crippen LogP contribution in [0.3, 0.4) is 0 Å². The van der Waals surface area contributed by atoms with Crippen molar-refractivity contribution in [1.29, 1.82) is 0 Å². The summed E-state index contributed by atoms with van der Waals surface area (Å²) >= 11 is -0.776. The molecule has 184 valence electrons. The van der Waals surface area contributed by atoms with Gasteiger partial charge in [0.15, 0.2) is 15.4 Å². The third-order valence-electron chi connectivity index (χ3n) is 5.27. The van der Waals surface area contributed by atoms with Crippen LogP contribution >= 0.6 is 22.9 Å². The number of aliphatic hydroxyl groups excluding tert-OH is 1. The summed E-state index contributed by atoms with van der Waals surface area (Å²) < 4.78 is 53.0. The first kappa shape index (κ1) is 25.8. The average Bonchev–Trinajstić information content (AvgIpc) is 3.39. The summed E-state index contributed by atoms with van der Waals surface area (Å²) in [6, 6.07) is 2.73. The van der Waals surface area contributed by atoms with E-state index < -0.39 is 27.2 Å². The van der Waals surface area contributed by atoms with Crippen molar-refractivity contribution < 1.29 is 22.5 Å². The maximum absolute atomic E-state index is 12.9. The Bertz CT molecular complexity index is 1120. The fourth-order valence-corrected chi connectivity index (χ4v) is 7.45. The van der Waals surface area contributed by atoms with E-state index in [1.165, 1.54) is 4.31 Å². The second-order valence-corrected chi connectivity index (χ2v) is 12.8. The number of anilines is 2. The molecule has 1 aliphatic rings. The van der Waals surface area contributed by atoms with Crippen LogP contribution < -0.4 is 10.6 Å². The molecule has 1 aliphatic heterocycles. The highest BCUT2D eigenvalue weighted by molar-refractivity contribution is 8.18. The zero-order valence-corrected chi connectivity index (χ0v) is 22.0. The Morgan fingerprint density at radius 3 is 2.48 bits per heavy atom. The van der Waals surface area contributed by atoms with Gasteiger partial charge in [0, 0.05) is 27.6 Å². The highest BCUT2D eigenvalue weighted by Gasteiger charge is 2.38. The summed E-state index contributed by atoms with van der Waals surface area (Å²) in [7, 11) is -3.79. The van der Waals surface area contributed by atoms with E-state index >= 15 is 0 Å². The lowest BCUT2D eigenvalue weighted by molar-refractivity contribution is 0.300. The number of hydrogen-bond acceptors (Lipinski definition) is 10. The monoisotopic (exact) mass is 517 g/mol. The van der Waals surface area contributed by atoms with E-state index in [9.17, 15) is 18.1 Å². The number of aryl methyl sites for hydroxylation is 1. The van der Waals surface area contributed by atoms with Crippen molar-refractivity contribution in [2.45, 2.75) is 53.6 Å². The minimum absolute atomic E-state index is 0.0755. The van der Waals surface area contributed by atoms with Gasteiger partial charge in [0.25, 0.3) is 10.0 Å². The Balaban J connectivity index is 1.87. The number of furan rings is 1. The van der Waals surface area contributed by atoms with Gasteiger partial charge in [0.2, 0.25) is 11.6 Å². The third kappa shape index (κ3) is 5.48. The Hall–Kier alpha value is -1.80. The van der Waals surface area contributed by atoms with E-state index in [1.54, 1.807) is 13.8 Å². The van der Waals surface area contributed by atoms with Gasteiger partial charge >= 0.3 is 0 Å². The molecule has 13 heteroatoms. The largest absolute Gasteiger partial charge is 0.546 e. The lowest BCUT2D eigenvalue weighted by atomic mass is 9.85. The molecular formula is C20H31N5O5S3. The normalized spacial score (nSPS) is 18.8. The minimum atomic E-state index is -3.79. The van der Waals surface area contributed by atoms with Gasteiger partial charge < -0.3 is 24.7 Å². The second kappa shape index (κ2) is 9.82. The molecule has 3 atom stereocenters. The SMILES string of the molecule is CCN(CC)S(=O)(=O)C1=C(O)C(Nc2n[s+]([O-])nc2N[C@@H](c2ccc(C)o2)C(C)(C)C)CS1. The molecule has 2 aromatic heterocycles. The van der Waals surface area contributed by atoms with Crippen molar-refractivity contribution in [2.75, 3.05) is 29.5 Å². The molecule has 0 aliphatic carbocycles. The van der Waals surface area contributed by atoms with E-state index in [-0.39, 0.29) is 38.8 Å². The zero-order chi connectivity index (χ0) is 24.6. The number of aromatic nitrogens is 2. The van der Waals surface area contributed by atoms with Crippen LogP contribution in [-0.4, -0.2) is 56.0 Å². The summed E-state index contributed by atoms with van der Waals surface area (Å²) in [6.07, 6.45) is 0. The van der Waals surface area contributed by atoms with Gasteiger partial charge in [0.05, 0.1) is 12.1 Å². The van der Waals surface area contributed by atoms with Gasteiger partial charge in [0.1, 0.15) is 17.3 Å². The molecule has 0 radical (unpaired) electrons. The van der Waals surface area contributed by atoms with E-state index in [1.807, 2.05) is 39.8 Å². The quantitative estimate of drug-likeness (QED) is 0.413. The van der Waals surface area contributed by atoms with Crippen LogP contribution in [0.2, 0.25) is 0 Å². The summed E-state index contributed by atoms with van der Waals surface area (Å²) in [6.45, 7) is 12.1. The lowest BCUT2D eigenvalue weighted by Crippen LogP contribution is -2.31. The smallest absolute Gasteiger partial charge is 0.252 e. The van der Waals surface area contributed by atoms with Crippen LogP contribution in [0.4, 0.5) is 11.6 Å². The molecule has 0 bridgehead atoms. The van der Waals surface area contributed by atoms with Crippen molar-refractivity contribution in [3.63, 3.8) is 0 Å². The number of thioether (sulfide) groups is 1. The molecule has 3 heterocycles. The molecule has 0 fully saturated rings. The first-order valence-corrected chi connectivity index (χ1v) is 14.1. The van der Waals surface area contributed by atoms with E-state index in [2.05, 4.69) is 19.4 Å². The fourth-order valence-electron chi connectivity index (χ4n) is 3.53. The summed E-state index contributed by atoms with van der Waals surface area (Å²) in [4.78, 5) is 0. The molecule has 3 N–H and O–H groups in total. The Labute approximate surface area is 202 Å².